The molecule has 4 heteroatoms. The van der Waals surface area contributed by atoms with E-state index >= 15 is 0 Å². The Morgan fingerprint density at radius 3 is 2.94 bits per heavy atom. The van der Waals surface area contributed by atoms with E-state index < -0.39 is 0 Å². The number of ether oxygens (including phenoxy) is 1. The molecule has 1 rings (SSSR count). The molecule has 1 aromatic heterocycles. The molecule has 0 saturated heterocycles. The molecule has 0 spiro atoms. The first-order chi connectivity index (χ1) is 7.70. The Morgan fingerprint density at radius 1 is 1.50 bits per heavy atom. The van der Waals surface area contributed by atoms with Crippen LogP contribution in [-0.2, 0) is 18.3 Å². The van der Waals surface area contributed by atoms with E-state index in [0.29, 0.717) is 5.92 Å². The number of aryl methyl sites for hydroxylation is 1. The summed E-state index contributed by atoms with van der Waals surface area (Å²) in [5.41, 5.74) is 1.21. The van der Waals surface area contributed by atoms with Gasteiger partial charge in [-0.15, -0.1) is 0 Å². The van der Waals surface area contributed by atoms with Gasteiger partial charge in [0.2, 0.25) is 0 Å². The minimum atomic E-state index is 0.627. The van der Waals surface area contributed by atoms with Crippen LogP contribution >= 0.6 is 0 Å². The van der Waals surface area contributed by atoms with Crippen LogP contribution in [-0.4, -0.2) is 29.5 Å². The lowest BCUT2D eigenvalue weighted by Crippen LogP contribution is -2.18. The zero-order chi connectivity index (χ0) is 11.8. The summed E-state index contributed by atoms with van der Waals surface area (Å²) in [6.45, 7) is 7.91. The maximum absolute atomic E-state index is 5.50. The standard InChI is InChI=1S/C12H23N3O/c1-11(2)10-16-8-4-6-13-9-12-5-7-14-15(12)3/h5,7,11,13H,4,6,8-10H2,1-3H3. The summed E-state index contributed by atoms with van der Waals surface area (Å²) in [7, 11) is 1.96. The highest BCUT2D eigenvalue weighted by Gasteiger charge is 1.97. The number of hydrogen-bond acceptors (Lipinski definition) is 3. The predicted molar refractivity (Wildman–Crippen MR) is 65.2 cm³/mol. The van der Waals surface area contributed by atoms with E-state index in [4.69, 9.17) is 4.74 Å². The molecule has 0 aliphatic heterocycles. The minimum Gasteiger partial charge on any atom is -0.381 e. The Labute approximate surface area is 98.0 Å². The third-order valence-corrected chi connectivity index (χ3v) is 2.32. The molecule has 92 valence electrons. The lowest BCUT2D eigenvalue weighted by Gasteiger charge is -2.07. The normalized spacial score (nSPS) is 11.2. The van der Waals surface area contributed by atoms with Crippen molar-refractivity contribution >= 4 is 0 Å². The number of aromatic nitrogens is 2. The Morgan fingerprint density at radius 2 is 2.31 bits per heavy atom. The highest BCUT2D eigenvalue weighted by molar-refractivity contribution is 4.98. The molecule has 0 aliphatic carbocycles. The van der Waals surface area contributed by atoms with Gasteiger partial charge in [-0.2, -0.15) is 5.10 Å². The van der Waals surface area contributed by atoms with Crippen LogP contribution in [0.3, 0.4) is 0 Å². The van der Waals surface area contributed by atoms with Gasteiger partial charge < -0.3 is 10.1 Å². The summed E-state index contributed by atoms with van der Waals surface area (Å²) in [5.74, 6) is 0.627. The molecule has 0 bridgehead atoms. The number of hydrogen-bond donors (Lipinski definition) is 1. The van der Waals surface area contributed by atoms with Crippen molar-refractivity contribution in [3.63, 3.8) is 0 Å². The fourth-order valence-electron chi connectivity index (χ4n) is 1.41. The third-order valence-electron chi connectivity index (χ3n) is 2.32. The predicted octanol–water partition coefficient (Wildman–Crippen LogP) is 1.57. The van der Waals surface area contributed by atoms with Crippen LogP contribution in [0.15, 0.2) is 12.3 Å². The van der Waals surface area contributed by atoms with Crippen molar-refractivity contribution in [1.29, 1.82) is 0 Å². The molecule has 16 heavy (non-hydrogen) atoms. The van der Waals surface area contributed by atoms with Gasteiger partial charge in [0.1, 0.15) is 0 Å². The minimum absolute atomic E-state index is 0.627. The smallest absolute Gasteiger partial charge is 0.0518 e. The Balaban J connectivity index is 1.94. The number of nitrogens with one attached hydrogen (secondary N) is 1. The quantitative estimate of drug-likeness (QED) is 0.683. The topological polar surface area (TPSA) is 39.1 Å². The van der Waals surface area contributed by atoms with Crippen LogP contribution in [0.5, 0.6) is 0 Å². The summed E-state index contributed by atoms with van der Waals surface area (Å²) in [4.78, 5) is 0. The molecule has 0 atom stereocenters. The number of rotatable bonds is 8. The lowest BCUT2D eigenvalue weighted by molar-refractivity contribution is 0.108. The number of nitrogens with zero attached hydrogens (tertiary/aromatic N) is 2. The Kier molecular flexibility index (Phi) is 6.11. The SMILES string of the molecule is CC(C)COCCCNCc1ccnn1C. The highest BCUT2D eigenvalue weighted by atomic mass is 16.5. The molecule has 1 heterocycles. The second kappa shape index (κ2) is 7.41. The van der Waals surface area contributed by atoms with Crippen LogP contribution in [0.25, 0.3) is 0 Å². The van der Waals surface area contributed by atoms with Crippen LogP contribution < -0.4 is 5.32 Å². The van der Waals surface area contributed by atoms with Gasteiger partial charge in [-0.05, 0) is 24.9 Å². The molecule has 0 fully saturated rings. The van der Waals surface area contributed by atoms with Gasteiger partial charge in [0.05, 0.1) is 5.69 Å². The van der Waals surface area contributed by atoms with Crippen molar-refractivity contribution in [2.24, 2.45) is 13.0 Å². The van der Waals surface area contributed by atoms with Crippen molar-refractivity contribution in [3.8, 4) is 0 Å². The lowest BCUT2D eigenvalue weighted by atomic mass is 10.2. The van der Waals surface area contributed by atoms with E-state index in [1.807, 2.05) is 24.0 Å². The molecule has 0 unspecified atom stereocenters. The second-order valence-electron chi connectivity index (χ2n) is 4.45. The molecule has 0 amide bonds. The van der Waals surface area contributed by atoms with E-state index in [9.17, 15) is 0 Å². The van der Waals surface area contributed by atoms with E-state index in [1.54, 1.807) is 0 Å². The summed E-state index contributed by atoms with van der Waals surface area (Å²) in [6, 6.07) is 2.03. The summed E-state index contributed by atoms with van der Waals surface area (Å²) < 4.78 is 7.39. The van der Waals surface area contributed by atoms with Crippen molar-refractivity contribution < 1.29 is 4.74 Å². The van der Waals surface area contributed by atoms with Crippen molar-refractivity contribution in [1.82, 2.24) is 15.1 Å². The zero-order valence-electron chi connectivity index (χ0n) is 10.6. The summed E-state index contributed by atoms with van der Waals surface area (Å²) >= 11 is 0. The monoisotopic (exact) mass is 225 g/mol. The molecule has 1 N–H and O–H groups in total. The van der Waals surface area contributed by atoms with Crippen molar-refractivity contribution in [3.05, 3.63) is 18.0 Å². The molecule has 0 aromatic carbocycles. The largest absolute Gasteiger partial charge is 0.381 e. The summed E-state index contributed by atoms with van der Waals surface area (Å²) in [5, 5.41) is 7.49. The third kappa shape index (κ3) is 5.28. The Bertz CT molecular complexity index is 284. The van der Waals surface area contributed by atoms with E-state index in [-0.39, 0.29) is 0 Å². The summed E-state index contributed by atoms with van der Waals surface area (Å²) in [6.07, 6.45) is 2.88. The first-order valence-electron chi connectivity index (χ1n) is 5.95. The maximum Gasteiger partial charge on any atom is 0.0518 e. The molecular formula is C12H23N3O. The van der Waals surface area contributed by atoms with Gasteiger partial charge in [-0.3, -0.25) is 4.68 Å². The van der Waals surface area contributed by atoms with Gasteiger partial charge >= 0.3 is 0 Å². The molecule has 0 aliphatic rings. The molecule has 0 radical (unpaired) electrons. The first kappa shape index (κ1) is 13.2. The van der Waals surface area contributed by atoms with Gasteiger partial charge in [-0.1, -0.05) is 13.8 Å². The molecular weight excluding hydrogens is 202 g/mol. The van der Waals surface area contributed by atoms with E-state index in [1.165, 1.54) is 5.69 Å². The van der Waals surface area contributed by atoms with E-state index in [2.05, 4.69) is 24.3 Å². The fourth-order valence-corrected chi connectivity index (χ4v) is 1.41. The Hall–Kier alpha value is -0.870. The highest BCUT2D eigenvalue weighted by Crippen LogP contribution is 1.95. The van der Waals surface area contributed by atoms with Gasteiger partial charge in [0.25, 0.3) is 0 Å². The average Bonchev–Trinajstić information content (AvgIpc) is 2.62. The van der Waals surface area contributed by atoms with Crippen molar-refractivity contribution in [2.75, 3.05) is 19.8 Å². The van der Waals surface area contributed by atoms with Crippen molar-refractivity contribution in [2.45, 2.75) is 26.8 Å². The molecule has 1 aromatic rings. The maximum atomic E-state index is 5.50. The molecule has 4 nitrogen and oxygen atoms in total. The second-order valence-corrected chi connectivity index (χ2v) is 4.45. The van der Waals surface area contributed by atoms with Crippen LogP contribution in [0.4, 0.5) is 0 Å². The van der Waals surface area contributed by atoms with Crippen LogP contribution in [0, 0.1) is 5.92 Å². The van der Waals surface area contributed by atoms with E-state index in [0.717, 1.165) is 32.7 Å². The van der Waals surface area contributed by atoms with Crippen LogP contribution in [0.1, 0.15) is 26.0 Å². The first-order valence-corrected chi connectivity index (χ1v) is 5.95. The average molecular weight is 225 g/mol. The molecule has 0 saturated carbocycles. The van der Waals surface area contributed by atoms with Gasteiger partial charge in [0, 0.05) is 33.0 Å². The van der Waals surface area contributed by atoms with Gasteiger partial charge in [0.15, 0.2) is 0 Å². The van der Waals surface area contributed by atoms with Crippen LogP contribution in [0.2, 0.25) is 0 Å². The van der Waals surface area contributed by atoms with Gasteiger partial charge in [-0.25, -0.2) is 0 Å². The fraction of sp³-hybridized carbons (Fsp3) is 0.750. The zero-order valence-corrected chi connectivity index (χ0v) is 10.6.